The third kappa shape index (κ3) is 4.78. The number of nitrogens with zero attached hydrogens (tertiary/aromatic N) is 1. The molecule has 4 aromatic rings. The van der Waals surface area contributed by atoms with E-state index in [9.17, 15) is 17.4 Å². The Morgan fingerprint density at radius 1 is 0.941 bits per heavy atom. The van der Waals surface area contributed by atoms with Gasteiger partial charge in [-0.25, -0.2) is 12.6 Å². The van der Waals surface area contributed by atoms with Crippen LogP contribution < -0.4 is 18.9 Å². The highest BCUT2D eigenvalue weighted by molar-refractivity contribution is 8.01. The van der Waals surface area contributed by atoms with Crippen LogP contribution in [0, 0.1) is 0 Å². The molecule has 8 nitrogen and oxygen atoms in total. The molecule has 0 aliphatic carbocycles. The molecular formula is C22H20ClN3O5S3. The summed E-state index contributed by atoms with van der Waals surface area (Å²) >= 11 is 7.10. The summed E-state index contributed by atoms with van der Waals surface area (Å²) in [4.78, 5) is 12.5. The molecule has 34 heavy (non-hydrogen) atoms. The van der Waals surface area contributed by atoms with Gasteiger partial charge in [-0.2, -0.15) is 0 Å². The van der Waals surface area contributed by atoms with Crippen LogP contribution in [0.25, 0.3) is 10.9 Å². The van der Waals surface area contributed by atoms with Crippen LogP contribution in [0.5, 0.6) is 5.75 Å². The lowest BCUT2D eigenvalue weighted by Gasteiger charge is -2.18. The number of ether oxygens (including phenoxy) is 1. The van der Waals surface area contributed by atoms with Crippen LogP contribution in [-0.2, 0) is 26.8 Å². The fourth-order valence-corrected chi connectivity index (χ4v) is 6.53. The number of sulfonamides is 1. The lowest BCUT2D eigenvalue weighted by molar-refractivity contribution is 0.414. The number of aryl methyl sites for hydroxylation is 1. The van der Waals surface area contributed by atoms with Gasteiger partial charge in [-0.3, -0.25) is 13.5 Å². The topological polar surface area (TPSA) is 107 Å². The standard InChI is InChI=1S/C22H20ClN3O5S3/c1-26-21-11-9-17(13-18(21)22(27)32-26)34(29,30)25-20-12-14(23)4-10-19(20)24-33(3,28)16-7-5-15(31-2)6-8-16/h4-13,25H,3H2,1-2H3,(H,24,28). The molecule has 0 radical (unpaired) electrons. The second-order valence-corrected chi connectivity index (χ2v) is 12.5. The second-order valence-electron chi connectivity index (χ2n) is 7.30. The Balaban J connectivity index is 1.69. The van der Waals surface area contributed by atoms with Gasteiger partial charge in [-0.05, 0) is 78.1 Å². The molecule has 1 heterocycles. The molecule has 0 aliphatic rings. The number of hydrogen-bond acceptors (Lipinski definition) is 6. The molecule has 0 spiro atoms. The first-order chi connectivity index (χ1) is 16.0. The third-order valence-electron chi connectivity index (χ3n) is 5.00. The normalized spacial score (nSPS) is 13.4. The molecule has 0 saturated heterocycles. The number of hydrogen-bond donors (Lipinski definition) is 2. The fraction of sp³-hybridized carbons (Fsp3) is 0.0909. The minimum atomic E-state index is -4.10. The van der Waals surface area contributed by atoms with Crippen LogP contribution in [0.15, 0.2) is 75.2 Å². The molecule has 0 saturated carbocycles. The van der Waals surface area contributed by atoms with Crippen molar-refractivity contribution >= 4 is 71.0 Å². The van der Waals surface area contributed by atoms with Gasteiger partial charge in [-0.1, -0.05) is 11.6 Å². The summed E-state index contributed by atoms with van der Waals surface area (Å²) < 4.78 is 51.4. The van der Waals surface area contributed by atoms with Crippen molar-refractivity contribution in [3.05, 3.63) is 75.2 Å². The van der Waals surface area contributed by atoms with Crippen LogP contribution in [0.4, 0.5) is 11.4 Å². The zero-order valence-corrected chi connectivity index (χ0v) is 21.3. The Morgan fingerprint density at radius 3 is 2.29 bits per heavy atom. The Hall–Kier alpha value is -2.99. The van der Waals surface area contributed by atoms with Crippen molar-refractivity contribution < 1.29 is 17.4 Å². The largest absolute Gasteiger partial charge is 0.497 e. The highest BCUT2D eigenvalue weighted by Crippen LogP contribution is 2.31. The van der Waals surface area contributed by atoms with E-state index in [2.05, 4.69) is 15.3 Å². The summed E-state index contributed by atoms with van der Waals surface area (Å²) in [7, 11) is -3.91. The average molecular weight is 538 g/mol. The summed E-state index contributed by atoms with van der Waals surface area (Å²) in [6, 6.07) is 15.3. The van der Waals surface area contributed by atoms with Gasteiger partial charge >= 0.3 is 0 Å². The van der Waals surface area contributed by atoms with Gasteiger partial charge in [0.2, 0.25) is 0 Å². The van der Waals surface area contributed by atoms with Crippen molar-refractivity contribution in [2.75, 3.05) is 16.6 Å². The van der Waals surface area contributed by atoms with Gasteiger partial charge in [0.1, 0.15) is 5.75 Å². The molecule has 1 atom stereocenters. The van der Waals surface area contributed by atoms with Gasteiger partial charge in [0.05, 0.1) is 44.0 Å². The first-order valence-corrected chi connectivity index (χ1v) is 14.1. The van der Waals surface area contributed by atoms with E-state index in [1.165, 1.54) is 37.4 Å². The van der Waals surface area contributed by atoms with Crippen molar-refractivity contribution in [1.29, 1.82) is 0 Å². The molecule has 4 rings (SSSR count). The average Bonchev–Trinajstić information content (AvgIpc) is 3.08. The molecule has 0 fully saturated rings. The lowest BCUT2D eigenvalue weighted by atomic mass is 10.2. The Kier molecular flexibility index (Phi) is 6.38. The van der Waals surface area contributed by atoms with E-state index in [4.69, 9.17) is 16.3 Å². The number of halogens is 1. The zero-order chi connectivity index (χ0) is 24.7. The summed E-state index contributed by atoms with van der Waals surface area (Å²) in [5.41, 5.74) is 0.933. The molecule has 1 unspecified atom stereocenters. The molecule has 178 valence electrons. The Labute approximate surface area is 206 Å². The van der Waals surface area contributed by atoms with E-state index in [0.717, 1.165) is 11.5 Å². The third-order valence-corrected chi connectivity index (χ3v) is 9.04. The molecule has 0 amide bonds. The molecule has 0 aliphatic heterocycles. The van der Waals surface area contributed by atoms with Gasteiger partial charge in [-0.15, -0.1) is 0 Å². The zero-order valence-electron chi connectivity index (χ0n) is 18.1. The van der Waals surface area contributed by atoms with E-state index in [-0.39, 0.29) is 26.0 Å². The molecule has 0 bridgehead atoms. The van der Waals surface area contributed by atoms with Crippen LogP contribution >= 0.6 is 23.1 Å². The van der Waals surface area contributed by atoms with E-state index < -0.39 is 19.7 Å². The van der Waals surface area contributed by atoms with Crippen LogP contribution in [0.2, 0.25) is 5.02 Å². The minimum absolute atomic E-state index is 0.0794. The van der Waals surface area contributed by atoms with Gasteiger partial charge in [0.25, 0.3) is 14.8 Å². The summed E-state index contributed by atoms with van der Waals surface area (Å²) in [6.45, 7) is 0. The number of fused-ring (bicyclic) bond motifs is 1. The first kappa shape index (κ1) is 24.1. The van der Waals surface area contributed by atoms with Crippen molar-refractivity contribution in [3.63, 3.8) is 0 Å². The first-order valence-electron chi connectivity index (χ1n) is 9.72. The lowest BCUT2D eigenvalue weighted by Crippen LogP contribution is -2.17. The smallest absolute Gasteiger partial charge is 0.261 e. The maximum Gasteiger partial charge on any atom is 0.261 e. The fourth-order valence-electron chi connectivity index (χ4n) is 3.27. The predicted octanol–water partition coefficient (Wildman–Crippen LogP) is 4.17. The number of methoxy groups -OCH3 is 1. The maximum absolute atomic E-state index is 13.3. The van der Waals surface area contributed by atoms with Crippen LogP contribution in [0.3, 0.4) is 0 Å². The SMILES string of the molecule is C=S(=O)(Nc1ccc(Cl)cc1NS(=O)(=O)c1ccc2c(c1)c(=O)sn2C)c1ccc(OC)cc1. The van der Waals surface area contributed by atoms with E-state index in [1.807, 2.05) is 0 Å². The molecular weight excluding hydrogens is 518 g/mol. The maximum atomic E-state index is 13.3. The Morgan fingerprint density at radius 2 is 1.62 bits per heavy atom. The Bertz CT molecular complexity index is 1660. The predicted molar refractivity (Wildman–Crippen MR) is 139 cm³/mol. The summed E-state index contributed by atoms with van der Waals surface area (Å²) in [5, 5.41) is 0.575. The van der Waals surface area contributed by atoms with Crippen molar-refractivity contribution in [2.24, 2.45) is 7.05 Å². The monoisotopic (exact) mass is 537 g/mol. The number of nitrogens with one attached hydrogen (secondary N) is 2. The second kappa shape index (κ2) is 8.99. The van der Waals surface area contributed by atoms with E-state index in [1.54, 1.807) is 41.3 Å². The summed E-state index contributed by atoms with van der Waals surface area (Å²) in [6.07, 6.45) is 0. The molecule has 12 heteroatoms. The molecule has 3 aromatic carbocycles. The van der Waals surface area contributed by atoms with Crippen molar-refractivity contribution in [2.45, 2.75) is 9.79 Å². The summed E-state index contributed by atoms with van der Waals surface area (Å²) in [5.74, 6) is 4.38. The van der Waals surface area contributed by atoms with Crippen molar-refractivity contribution in [3.8, 4) is 5.75 Å². The van der Waals surface area contributed by atoms with Crippen molar-refractivity contribution in [1.82, 2.24) is 3.96 Å². The number of anilines is 2. The van der Waals surface area contributed by atoms with E-state index >= 15 is 0 Å². The molecule has 1 aromatic heterocycles. The molecule has 2 N–H and O–H groups in total. The van der Waals surface area contributed by atoms with Gasteiger partial charge in [0, 0.05) is 17.0 Å². The van der Waals surface area contributed by atoms with Gasteiger partial charge in [0.15, 0.2) is 0 Å². The number of rotatable bonds is 7. The number of aromatic nitrogens is 1. The van der Waals surface area contributed by atoms with E-state index in [0.29, 0.717) is 21.5 Å². The van der Waals surface area contributed by atoms with Crippen LogP contribution in [-0.4, -0.2) is 29.6 Å². The highest BCUT2D eigenvalue weighted by Gasteiger charge is 2.20. The van der Waals surface area contributed by atoms with Gasteiger partial charge < -0.3 is 9.46 Å². The minimum Gasteiger partial charge on any atom is -0.497 e. The number of benzene rings is 3. The van der Waals surface area contributed by atoms with Crippen LogP contribution in [0.1, 0.15) is 0 Å². The quantitative estimate of drug-likeness (QED) is 0.344. The highest BCUT2D eigenvalue weighted by atomic mass is 35.5.